The Hall–Kier alpha value is -1.61. The third-order valence-electron chi connectivity index (χ3n) is 3.17. The molecule has 0 saturated heterocycles. The molecule has 0 N–H and O–H groups in total. The summed E-state index contributed by atoms with van der Waals surface area (Å²) in [5.41, 5.74) is 2.46. The van der Waals surface area contributed by atoms with E-state index >= 15 is 0 Å². The van der Waals surface area contributed by atoms with E-state index in [4.69, 9.17) is 26.3 Å². The van der Waals surface area contributed by atoms with Crippen LogP contribution < -0.4 is 0 Å². The van der Waals surface area contributed by atoms with Crippen LogP contribution in [0.3, 0.4) is 0 Å². The highest BCUT2D eigenvalue weighted by Gasteiger charge is 2.11. The third-order valence-corrected chi connectivity index (χ3v) is 3.35. The molecule has 0 atom stereocenters. The predicted octanol–water partition coefficient (Wildman–Crippen LogP) is 2.35. The first-order chi connectivity index (χ1) is 10.3. The quantitative estimate of drug-likeness (QED) is 0.555. The lowest BCUT2D eigenvalue weighted by Gasteiger charge is -2.09. The van der Waals surface area contributed by atoms with Crippen LogP contribution in [0.4, 0.5) is 0 Å². The zero-order chi connectivity index (χ0) is 15.1. The maximum absolute atomic E-state index is 9.03. The number of hydrogen-bond donors (Lipinski definition) is 0. The third kappa shape index (κ3) is 3.94. The summed E-state index contributed by atoms with van der Waals surface area (Å²) in [7, 11) is 1.65. The van der Waals surface area contributed by atoms with E-state index in [2.05, 4.69) is 15.6 Å². The van der Waals surface area contributed by atoms with Gasteiger partial charge in [0.2, 0.25) is 0 Å². The minimum absolute atomic E-state index is 0.513. The Morgan fingerprint density at radius 3 is 2.90 bits per heavy atom. The summed E-state index contributed by atoms with van der Waals surface area (Å²) in [6.07, 6.45) is 0.691. The molecule has 0 amide bonds. The SMILES string of the molecule is COCCOCCn1c(CCCl)nc2ccc(C#N)cc21. The number of fused-ring (bicyclic) bond motifs is 1. The number of benzene rings is 1. The number of ether oxygens (including phenoxy) is 2. The van der Waals surface area contributed by atoms with Crippen molar-refractivity contribution in [2.75, 3.05) is 32.8 Å². The molecule has 2 aromatic rings. The van der Waals surface area contributed by atoms with Crippen LogP contribution >= 0.6 is 11.6 Å². The molecule has 0 fully saturated rings. The second-order valence-electron chi connectivity index (χ2n) is 4.54. The number of hydrogen-bond acceptors (Lipinski definition) is 4. The van der Waals surface area contributed by atoms with Crippen molar-refractivity contribution in [1.82, 2.24) is 9.55 Å². The summed E-state index contributed by atoms with van der Waals surface area (Å²) in [5, 5.41) is 9.03. The molecule has 21 heavy (non-hydrogen) atoms. The summed E-state index contributed by atoms with van der Waals surface area (Å²) in [6, 6.07) is 7.66. The molecule has 0 aliphatic carbocycles. The van der Waals surface area contributed by atoms with Crippen LogP contribution in [0, 0.1) is 11.3 Å². The molecule has 2 rings (SSSR count). The molecule has 0 unspecified atom stereocenters. The number of halogens is 1. The van der Waals surface area contributed by atoms with E-state index in [0.717, 1.165) is 16.9 Å². The van der Waals surface area contributed by atoms with E-state index in [1.165, 1.54) is 0 Å². The fraction of sp³-hybridized carbons (Fsp3) is 0.467. The molecule has 1 aromatic carbocycles. The number of rotatable bonds is 8. The van der Waals surface area contributed by atoms with Crippen molar-refractivity contribution in [1.29, 1.82) is 5.26 Å². The van der Waals surface area contributed by atoms with Crippen molar-refractivity contribution >= 4 is 22.6 Å². The Morgan fingerprint density at radius 2 is 2.19 bits per heavy atom. The lowest BCUT2D eigenvalue weighted by molar-refractivity contribution is 0.0667. The van der Waals surface area contributed by atoms with Gasteiger partial charge >= 0.3 is 0 Å². The van der Waals surface area contributed by atoms with Gasteiger partial charge in [0.15, 0.2) is 0 Å². The number of methoxy groups -OCH3 is 1. The molecule has 0 aliphatic heterocycles. The van der Waals surface area contributed by atoms with Crippen molar-refractivity contribution in [2.24, 2.45) is 0 Å². The fourth-order valence-electron chi connectivity index (χ4n) is 2.17. The van der Waals surface area contributed by atoms with Crippen LogP contribution in [-0.4, -0.2) is 42.4 Å². The lowest BCUT2D eigenvalue weighted by atomic mass is 10.2. The van der Waals surface area contributed by atoms with Gasteiger partial charge in [0.05, 0.1) is 42.5 Å². The van der Waals surface area contributed by atoms with Gasteiger partial charge < -0.3 is 14.0 Å². The van der Waals surface area contributed by atoms with Crippen molar-refractivity contribution in [3.63, 3.8) is 0 Å². The molecule has 1 heterocycles. The van der Waals surface area contributed by atoms with E-state index in [1.54, 1.807) is 13.2 Å². The van der Waals surface area contributed by atoms with Crippen LogP contribution in [-0.2, 0) is 22.4 Å². The molecule has 0 spiro atoms. The second kappa shape index (κ2) is 7.99. The van der Waals surface area contributed by atoms with Crippen molar-refractivity contribution < 1.29 is 9.47 Å². The zero-order valence-electron chi connectivity index (χ0n) is 12.0. The normalized spacial score (nSPS) is 10.9. The maximum atomic E-state index is 9.03. The number of alkyl halides is 1. The molecule has 6 heteroatoms. The van der Waals surface area contributed by atoms with Gasteiger partial charge in [0.25, 0.3) is 0 Å². The predicted molar refractivity (Wildman–Crippen MR) is 81.6 cm³/mol. The molecule has 0 aliphatic rings. The molecule has 112 valence electrons. The van der Waals surface area contributed by atoms with E-state index in [0.29, 0.717) is 44.2 Å². The minimum Gasteiger partial charge on any atom is -0.382 e. The Morgan fingerprint density at radius 1 is 1.33 bits per heavy atom. The average molecular weight is 308 g/mol. The summed E-state index contributed by atoms with van der Waals surface area (Å²) < 4.78 is 12.5. The second-order valence-corrected chi connectivity index (χ2v) is 4.92. The van der Waals surface area contributed by atoms with Crippen molar-refractivity contribution in [3.05, 3.63) is 29.6 Å². The van der Waals surface area contributed by atoms with Gasteiger partial charge in [0, 0.05) is 26.0 Å². The highest BCUT2D eigenvalue weighted by molar-refractivity contribution is 6.17. The zero-order valence-corrected chi connectivity index (χ0v) is 12.8. The first-order valence-electron chi connectivity index (χ1n) is 6.82. The lowest BCUT2D eigenvalue weighted by Crippen LogP contribution is -2.12. The van der Waals surface area contributed by atoms with Crippen LogP contribution in [0.15, 0.2) is 18.2 Å². The number of imidazole rings is 1. The van der Waals surface area contributed by atoms with E-state index in [1.807, 2.05) is 12.1 Å². The van der Waals surface area contributed by atoms with Gasteiger partial charge in [-0.1, -0.05) is 0 Å². The van der Waals surface area contributed by atoms with Crippen LogP contribution in [0.2, 0.25) is 0 Å². The Labute approximate surface area is 129 Å². The molecular formula is C15H18ClN3O2. The van der Waals surface area contributed by atoms with Gasteiger partial charge in [-0.05, 0) is 18.2 Å². The molecule has 1 aromatic heterocycles. The molecule has 0 radical (unpaired) electrons. The first-order valence-corrected chi connectivity index (χ1v) is 7.35. The average Bonchev–Trinajstić information content (AvgIpc) is 2.84. The van der Waals surface area contributed by atoms with Crippen LogP contribution in [0.5, 0.6) is 0 Å². The van der Waals surface area contributed by atoms with E-state index in [-0.39, 0.29) is 0 Å². The summed E-state index contributed by atoms with van der Waals surface area (Å²) in [6.45, 7) is 2.40. The molecular weight excluding hydrogens is 290 g/mol. The maximum Gasteiger partial charge on any atom is 0.111 e. The summed E-state index contributed by atoms with van der Waals surface area (Å²) >= 11 is 5.84. The standard InChI is InChI=1S/C15H18ClN3O2/c1-20-8-9-21-7-6-19-14-10-12(11-17)2-3-13(14)18-15(19)4-5-16/h2-3,10H,4-9H2,1H3. The summed E-state index contributed by atoms with van der Waals surface area (Å²) in [4.78, 5) is 4.58. The smallest absolute Gasteiger partial charge is 0.111 e. The Kier molecular flexibility index (Phi) is 6.00. The van der Waals surface area contributed by atoms with Crippen LogP contribution in [0.25, 0.3) is 11.0 Å². The van der Waals surface area contributed by atoms with E-state index in [9.17, 15) is 0 Å². The fourth-order valence-corrected chi connectivity index (χ4v) is 2.34. The number of nitrogens with zero attached hydrogens (tertiary/aromatic N) is 3. The van der Waals surface area contributed by atoms with Gasteiger partial charge in [-0.3, -0.25) is 0 Å². The van der Waals surface area contributed by atoms with Gasteiger partial charge in [0.1, 0.15) is 5.82 Å². The number of aromatic nitrogens is 2. The molecule has 5 nitrogen and oxygen atoms in total. The molecule has 0 saturated carbocycles. The minimum atomic E-state index is 0.513. The van der Waals surface area contributed by atoms with Gasteiger partial charge in [-0.25, -0.2) is 4.98 Å². The van der Waals surface area contributed by atoms with Gasteiger partial charge in [-0.2, -0.15) is 5.26 Å². The monoisotopic (exact) mass is 307 g/mol. The largest absolute Gasteiger partial charge is 0.382 e. The topological polar surface area (TPSA) is 60.1 Å². The highest BCUT2D eigenvalue weighted by atomic mass is 35.5. The Bertz CT molecular complexity index is 634. The number of aryl methyl sites for hydroxylation is 1. The highest BCUT2D eigenvalue weighted by Crippen LogP contribution is 2.18. The summed E-state index contributed by atoms with van der Waals surface area (Å²) in [5.74, 6) is 1.43. The Balaban J connectivity index is 2.20. The van der Waals surface area contributed by atoms with Gasteiger partial charge in [-0.15, -0.1) is 11.6 Å². The van der Waals surface area contributed by atoms with Crippen LogP contribution in [0.1, 0.15) is 11.4 Å². The van der Waals surface area contributed by atoms with Crippen molar-refractivity contribution in [2.45, 2.75) is 13.0 Å². The van der Waals surface area contributed by atoms with Crippen molar-refractivity contribution in [3.8, 4) is 6.07 Å². The number of nitriles is 1. The first kappa shape index (κ1) is 15.8. The molecule has 0 bridgehead atoms. The van der Waals surface area contributed by atoms with E-state index < -0.39 is 0 Å².